The summed E-state index contributed by atoms with van der Waals surface area (Å²) < 4.78 is 73.3. The van der Waals surface area contributed by atoms with E-state index in [1.807, 2.05) is 0 Å². The quantitative estimate of drug-likeness (QED) is 0.00889. The molecule has 26 heteroatoms. The third-order valence-corrected chi connectivity index (χ3v) is 23.3. The van der Waals surface area contributed by atoms with Crippen LogP contribution in [-0.4, -0.2) is 205 Å². The zero-order valence-electron chi connectivity index (χ0n) is 70.4. The molecule has 0 aromatic heterocycles. The lowest BCUT2D eigenvalue weighted by Crippen LogP contribution is -2.70. The summed E-state index contributed by atoms with van der Waals surface area (Å²) in [6.45, 7) is 5.56. The van der Waals surface area contributed by atoms with Gasteiger partial charge in [-0.15, -0.1) is 0 Å². The first kappa shape index (κ1) is 104. The van der Waals surface area contributed by atoms with Gasteiger partial charge in [0.1, 0.15) is 92.6 Å². The smallest absolute Gasteiger partial charge is 0.463 e. The number of unbranched alkanes of at least 4 members (excludes halogenated alkanes) is 47. The van der Waals surface area contributed by atoms with Crippen LogP contribution in [0, 0.1) is 0 Å². The van der Waals surface area contributed by atoms with Crippen LogP contribution in [0.15, 0.2) is 12.2 Å². The molecule has 0 radical (unpaired) electrons. The molecule has 25 nitrogen and oxygen atoms in total. The van der Waals surface area contributed by atoms with E-state index in [4.69, 9.17) is 46.9 Å². The summed E-state index contributed by atoms with van der Waals surface area (Å²) >= 11 is 0. The van der Waals surface area contributed by atoms with E-state index in [-0.39, 0.29) is 25.7 Å². The highest BCUT2D eigenvalue weighted by atomic mass is 31.2. The minimum absolute atomic E-state index is 0.0166. The van der Waals surface area contributed by atoms with E-state index >= 15 is 0 Å². The Labute approximate surface area is 680 Å². The number of aliphatic hydroxyl groups is 9. The van der Waals surface area contributed by atoms with E-state index in [2.05, 4.69) is 39.8 Å². The monoisotopic (exact) mass is 1640 g/mol. The molecular weight excluding hydrogens is 1480 g/mol. The van der Waals surface area contributed by atoms with Crippen LogP contribution in [0.3, 0.4) is 0 Å². The lowest BCUT2D eigenvalue weighted by Gasteiger charge is -2.50. The second-order valence-electron chi connectivity index (χ2n) is 32.5. The van der Waals surface area contributed by atoms with Crippen molar-refractivity contribution in [2.24, 2.45) is 0 Å². The van der Waals surface area contributed by atoms with Gasteiger partial charge in [0.15, 0.2) is 24.8 Å². The molecule has 2 saturated heterocycles. The Morgan fingerprint density at radius 3 is 1.06 bits per heavy atom. The van der Waals surface area contributed by atoms with E-state index in [1.54, 1.807) is 0 Å². The van der Waals surface area contributed by atoms with Crippen LogP contribution < -0.4 is 0 Å². The topological polar surface area (TPSA) is 380 Å². The number of allylic oxidation sites excluding steroid dienone is 2. The number of aliphatic hydroxyl groups excluding tert-OH is 9. The Morgan fingerprint density at radius 2 is 0.664 bits per heavy atom. The molecular formula is C87H161O25P. The maximum atomic E-state index is 14.9. The zero-order valence-corrected chi connectivity index (χ0v) is 71.3. The molecule has 3 fully saturated rings. The van der Waals surface area contributed by atoms with Crippen molar-refractivity contribution in [1.82, 2.24) is 0 Å². The van der Waals surface area contributed by atoms with E-state index in [9.17, 15) is 74.6 Å². The molecule has 113 heavy (non-hydrogen) atoms. The normalized spacial score (nSPS) is 25.5. The minimum atomic E-state index is -5.80. The molecule has 2 heterocycles. The molecule has 10 N–H and O–H groups in total. The molecule has 664 valence electrons. The summed E-state index contributed by atoms with van der Waals surface area (Å²) in [5.41, 5.74) is 0. The van der Waals surface area contributed by atoms with Gasteiger partial charge in [-0.3, -0.25) is 28.2 Å². The van der Waals surface area contributed by atoms with Gasteiger partial charge in [0, 0.05) is 25.7 Å². The molecule has 0 aromatic rings. The molecule has 1 saturated carbocycles. The number of hydrogen-bond donors (Lipinski definition) is 10. The van der Waals surface area contributed by atoms with E-state index < -0.39 is 162 Å². The summed E-state index contributed by atoms with van der Waals surface area (Å²) in [4.78, 5) is 66.3. The molecule has 3 aliphatic rings. The van der Waals surface area contributed by atoms with Gasteiger partial charge in [-0.25, -0.2) is 4.57 Å². The van der Waals surface area contributed by atoms with Crippen LogP contribution in [0.5, 0.6) is 0 Å². The van der Waals surface area contributed by atoms with Crippen molar-refractivity contribution in [2.75, 3.05) is 26.4 Å². The van der Waals surface area contributed by atoms with Crippen LogP contribution in [0.2, 0.25) is 0 Å². The Kier molecular flexibility index (Phi) is 61.8. The average Bonchev–Trinajstić information content (AvgIpc) is 0.758. The lowest BCUT2D eigenvalue weighted by molar-refractivity contribution is -0.360. The van der Waals surface area contributed by atoms with E-state index in [0.717, 1.165) is 128 Å². The highest BCUT2D eigenvalue weighted by molar-refractivity contribution is 7.47. The Balaban J connectivity index is 1.93. The van der Waals surface area contributed by atoms with Gasteiger partial charge in [-0.2, -0.15) is 0 Å². The fourth-order valence-corrected chi connectivity index (χ4v) is 16.0. The third kappa shape index (κ3) is 47.7. The first-order valence-corrected chi connectivity index (χ1v) is 46.9. The molecule has 1 aliphatic carbocycles. The number of carbonyl (C=O) groups is 4. The molecule has 0 spiro atoms. The minimum Gasteiger partial charge on any atom is -0.463 e. The molecule has 0 aromatic carbocycles. The molecule has 0 bridgehead atoms. The summed E-state index contributed by atoms with van der Waals surface area (Å²) in [5.74, 6) is -2.97. The van der Waals surface area contributed by atoms with Crippen molar-refractivity contribution in [3.63, 3.8) is 0 Å². The predicted molar refractivity (Wildman–Crippen MR) is 435 cm³/mol. The first-order chi connectivity index (χ1) is 54.7. The van der Waals surface area contributed by atoms with Crippen molar-refractivity contribution in [1.29, 1.82) is 0 Å². The maximum Gasteiger partial charge on any atom is 0.472 e. The van der Waals surface area contributed by atoms with Crippen molar-refractivity contribution in [3.8, 4) is 0 Å². The molecule has 18 atom stereocenters. The number of esters is 4. The Hall–Kier alpha value is -2.79. The number of carbonyl (C=O) groups excluding carboxylic acids is 4. The SMILES string of the molecule is CCCCCCCC/C=C\CCCCCC(=O)OCC(COP(=O)(O)OC1C(OC2OC(CO)C(O)C(O)C2O)C(O)C(O)C(OC(=O)CCCCCCCCCCCCCCC)C1OC1OC(COC(=O)CCCCCCCCCCCCCCC)C(O)C(O)C1O)OC(=O)CCCCCCCCCCCCCCCCC. The summed E-state index contributed by atoms with van der Waals surface area (Å²) in [6, 6.07) is 0. The lowest BCUT2D eigenvalue weighted by atomic mass is 9.84. The van der Waals surface area contributed by atoms with Gasteiger partial charge in [0.25, 0.3) is 0 Å². The predicted octanol–water partition coefficient (Wildman–Crippen LogP) is 16.0. The maximum absolute atomic E-state index is 14.9. The molecule has 0 amide bonds. The zero-order chi connectivity index (χ0) is 82.5. The first-order valence-electron chi connectivity index (χ1n) is 45.4. The average molecular weight is 1640 g/mol. The number of rotatable bonds is 73. The van der Waals surface area contributed by atoms with Crippen LogP contribution in [0.1, 0.15) is 387 Å². The van der Waals surface area contributed by atoms with E-state index in [0.29, 0.717) is 32.1 Å². The largest absolute Gasteiger partial charge is 0.472 e. The summed E-state index contributed by atoms with van der Waals surface area (Å²) in [5, 5.41) is 102. The van der Waals surface area contributed by atoms with Crippen LogP contribution in [0.25, 0.3) is 0 Å². The van der Waals surface area contributed by atoms with Crippen LogP contribution in [-0.2, 0) is 70.7 Å². The van der Waals surface area contributed by atoms with E-state index in [1.165, 1.54) is 173 Å². The van der Waals surface area contributed by atoms with Crippen molar-refractivity contribution < 1.29 is 122 Å². The van der Waals surface area contributed by atoms with Gasteiger partial charge in [0.2, 0.25) is 0 Å². The number of ether oxygens (including phenoxy) is 8. The fourth-order valence-electron chi connectivity index (χ4n) is 15.0. The second-order valence-corrected chi connectivity index (χ2v) is 33.9. The summed E-state index contributed by atoms with van der Waals surface area (Å²) in [6.07, 6.45) is 23.7. The van der Waals surface area contributed by atoms with Gasteiger partial charge >= 0.3 is 31.7 Å². The Morgan fingerprint density at radius 1 is 0.345 bits per heavy atom. The molecule has 3 rings (SSSR count). The van der Waals surface area contributed by atoms with Gasteiger partial charge in [-0.1, -0.05) is 322 Å². The molecule has 18 unspecified atom stereocenters. The fraction of sp³-hybridized carbons (Fsp3) is 0.931. The number of phosphoric acid groups is 1. The van der Waals surface area contributed by atoms with Gasteiger partial charge < -0.3 is 88.7 Å². The van der Waals surface area contributed by atoms with Crippen molar-refractivity contribution in [3.05, 3.63) is 12.2 Å². The third-order valence-electron chi connectivity index (χ3n) is 22.3. The van der Waals surface area contributed by atoms with Gasteiger partial charge in [-0.05, 0) is 51.4 Å². The molecule has 2 aliphatic heterocycles. The summed E-state index contributed by atoms with van der Waals surface area (Å²) in [7, 11) is -5.80. The van der Waals surface area contributed by atoms with Gasteiger partial charge in [0.05, 0.1) is 13.2 Å². The second kappa shape index (κ2) is 66.9. The highest BCUT2D eigenvalue weighted by Crippen LogP contribution is 2.49. The van der Waals surface area contributed by atoms with Crippen LogP contribution in [0.4, 0.5) is 0 Å². The Bertz CT molecular complexity index is 2410. The van der Waals surface area contributed by atoms with Crippen LogP contribution >= 0.6 is 7.82 Å². The standard InChI is InChI=1S/C87H161O25P/c1-5-9-13-17-21-25-29-33-34-38-42-45-49-53-57-61-72(91)106-67(64-103-70(89)59-55-51-47-43-39-35-30-26-22-18-14-10-6-2)65-105-113(101,102)112-85-83(110-86-80(99)76(95)74(93)68(63-88)107-86)79(98)78(97)82(109-73(92)62-58-54-50-46-41-37-32-28-24-20-16-12-8-4)84(85)111-87-81(100)77(96)75(94)69(108-87)66-104-71(90)60-56-52-48-44-40-36-31-27-23-19-15-11-7-3/h35,39,67-69,74-88,93-100H,5-34,36-38,40-66H2,1-4H3,(H,101,102)/b39-35-. The number of hydrogen-bond acceptors (Lipinski definition) is 24. The highest BCUT2D eigenvalue weighted by Gasteiger charge is 2.60. The number of phosphoric ester groups is 1. The van der Waals surface area contributed by atoms with Crippen molar-refractivity contribution in [2.45, 2.75) is 491 Å². The van der Waals surface area contributed by atoms with Crippen molar-refractivity contribution >= 4 is 31.7 Å².